The van der Waals surface area contributed by atoms with E-state index in [1.807, 2.05) is 51.1 Å². The molecule has 1 spiro atoms. The van der Waals surface area contributed by atoms with Gasteiger partial charge >= 0.3 is 0 Å². The number of aryl methyl sites for hydroxylation is 1. The minimum atomic E-state index is -1.50. The van der Waals surface area contributed by atoms with Crippen LogP contribution in [0.3, 0.4) is 0 Å². The van der Waals surface area contributed by atoms with Crippen LogP contribution >= 0.6 is 11.6 Å². The zero-order valence-corrected chi connectivity index (χ0v) is 29.0. The number of carbonyl (C=O) groups excluding carboxylic acids is 1. The molecule has 1 N–H and O–H groups in total. The molecule has 6 nitrogen and oxygen atoms in total. The predicted octanol–water partition coefficient (Wildman–Crippen LogP) is 7.81. The van der Waals surface area contributed by atoms with Crippen molar-refractivity contribution in [1.29, 1.82) is 0 Å². The third kappa shape index (κ3) is 7.36. The van der Waals surface area contributed by atoms with Crippen LogP contribution in [-0.2, 0) is 27.6 Å². The molecule has 2 aromatic carbocycles. The lowest BCUT2D eigenvalue weighted by Crippen LogP contribution is -2.49. The zero-order chi connectivity index (χ0) is 32.1. The summed E-state index contributed by atoms with van der Waals surface area (Å²) in [5, 5.41) is 0.589. The molecule has 45 heavy (non-hydrogen) atoms. The van der Waals surface area contributed by atoms with E-state index in [2.05, 4.69) is 40.8 Å². The summed E-state index contributed by atoms with van der Waals surface area (Å²) >= 11 is 6.41. The maximum Gasteiger partial charge on any atom is 0.263 e. The molecule has 6 rings (SSSR count). The van der Waals surface area contributed by atoms with E-state index in [4.69, 9.17) is 21.1 Å². The van der Waals surface area contributed by atoms with E-state index in [1.54, 1.807) is 13.2 Å². The molecule has 1 amide bonds. The van der Waals surface area contributed by atoms with Crippen molar-refractivity contribution in [3.05, 3.63) is 82.4 Å². The number of carbonyl (C=O) groups is 1. The molecule has 2 aliphatic heterocycles. The van der Waals surface area contributed by atoms with Crippen LogP contribution in [0.5, 0.6) is 5.75 Å². The minimum absolute atomic E-state index is 0.0508. The Bertz CT molecular complexity index is 1440. The van der Waals surface area contributed by atoms with Gasteiger partial charge in [-0.1, -0.05) is 48.9 Å². The van der Waals surface area contributed by atoms with E-state index in [9.17, 15) is 9.00 Å². The van der Waals surface area contributed by atoms with Crippen LogP contribution < -0.4 is 14.4 Å². The Hall–Kier alpha value is -2.61. The zero-order valence-electron chi connectivity index (χ0n) is 27.4. The number of benzene rings is 2. The SMILES string of the molecule is C/C=C/C.COC1/C=C/CC(C)C(C)S(=O)NC(=O)c2ccc3c(c2)N(CC2CCC21)C[C@@]1(CCCc2cc(Cl)ccc21)CO3. The molecule has 2 bridgehead atoms. The molecule has 2 aliphatic carbocycles. The van der Waals surface area contributed by atoms with E-state index in [-0.39, 0.29) is 28.6 Å². The highest BCUT2D eigenvalue weighted by Gasteiger charge is 2.44. The molecular weight excluding hydrogens is 604 g/mol. The maximum atomic E-state index is 13.3. The average Bonchev–Trinajstić information content (AvgIpc) is 3.18. The van der Waals surface area contributed by atoms with Crippen molar-refractivity contribution in [2.75, 3.05) is 31.7 Å². The van der Waals surface area contributed by atoms with Gasteiger partial charge in [0, 0.05) is 36.2 Å². The largest absolute Gasteiger partial charge is 0.490 e. The van der Waals surface area contributed by atoms with Gasteiger partial charge in [-0.15, -0.1) is 0 Å². The van der Waals surface area contributed by atoms with Crippen LogP contribution in [-0.4, -0.2) is 48.3 Å². The van der Waals surface area contributed by atoms with Crippen LogP contribution in [0.4, 0.5) is 5.69 Å². The van der Waals surface area contributed by atoms with Gasteiger partial charge in [0.05, 0.1) is 23.6 Å². The van der Waals surface area contributed by atoms with Crippen LogP contribution in [0, 0.1) is 17.8 Å². The Labute approximate surface area is 277 Å². The molecule has 1 saturated carbocycles. The quantitative estimate of drug-likeness (QED) is 0.318. The molecule has 8 heteroatoms. The third-order valence-corrected chi connectivity index (χ3v) is 12.2. The van der Waals surface area contributed by atoms with Crippen molar-refractivity contribution in [1.82, 2.24) is 4.72 Å². The van der Waals surface area contributed by atoms with E-state index in [1.165, 1.54) is 11.1 Å². The summed E-state index contributed by atoms with van der Waals surface area (Å²) in [7, 11) is 0.305. The van der Waals surface area contributed by atoms with Gasteiger partial charge in [-0.2, -0.15) is 0 Å². The number of anilines is 1. The van der Waals surface area contributed by atoms with Gasteiger partial charge in [0.2, 0.25) is 0 Å². The number of rotatable bonds is 1. The summed E-state index contributed by atoms with van der Waals surface area (Å²) in [5.41, 5.74) is 3.90. The first-order valence-corrected chi connectivity index (χ1v) is 18.1. The molecule has 0 radical (unpaired) electrons. The van der Waals surface area contributed by atoms with E-state index in [0.717, 1.165) is 68.1 Å². The minimum Gasteiger partial charge on any atom is -0.490 e. The smallest absolute Gasteiger partial charge is 0.263 e. The summed E-state index contributed by atoms with van der Waals surface area (Å²) in [6.45, 7) is 10.3. The van der Waals surface area contributed by atoms with Crippen LogP contribution in [0.1, 0.15) is 81.3 Å². The van der Waals surface area contributed by atoms with E-state index < -0.39 is 11.0 Å². The fourth-order valence-electron chi connectivity index (χ4n) is 7.26. The Morgan fingerprint density at radius 2 is 1.93 bits per heavy atom. The summed E-state index contributed by atoms with van der Waals surface area (Å²) in [4.78, 5) is 15.8. The normalized spacial score (nSPS) is 32.1. The van der Waals surface area contributed by atoms with Crippen molar-refractivity contribution in [2.45, 2.75) is 83.0 Å². The van der Waals surface area contributed by atoms with Gasteiger partial charge in [-0.25, -0.2) is 4.21 Å². The second-order valence-electron chi connectivity index (χ2n) is 13.2. The topological polar surface area (TPSA) is 67.9 Å². The highest BCUT2D eigenvalue weighted by atomic mass is 35.5. The van der Waals surface area contributed by atoms with Gasteiger partial charge in [0.25, 0.3) is 5.91 Å². The molecule has 0 saturated heterocycles. The highest BCUT2D eigenvalue weighted by molar-refractivity contribution is 7.84. The summed E-state index contributed by atoms with van der Waals surface area (Å²) in [6, 6.07) is 12.0. The predicted molar refractivity (Wildman–Crippen MR) is 186 cm³/mol. The Morgan fingerprint density at radius 3 is 2.64 bits per heavy atom. The Kier molecular flexibility index (Phi) is 11.1. The van der Waals surface area contributed by atoms with Crippen molar-refractivity contribution >= 4 is 34.2 Å². The molecule has 2 aromatic rings. The number of ether oxygens (including phenoxy) is 2. The first-order valence-electron chi connectivity index (χ1n) is 16.5. The monoisotopic (exact) mass is 652 g/mol. The fraction of sp³-hybridized carbons (Fsp3) is 0.541. The second-order valence-corrected chi connectivity index (χ2v) is 15.2. The number of allylic oxidation sites excluding steroid dienone is 3. The number of amides is 1. The molecule has 1 fully saturated rings. The third-order valence-electron chi connectivity index (χ3n) is 10.4. The van der Waals surface area contributed by atoms with Crippen molar-refractivity contribution < 1.29 is 18.5 Å². The number of nitrogens with zero attached hydrogens (tertiary/aromatic N) is 1. The van der Waals surface area contributed by atoms with Gasteiger partial charge in [0.1, 0.15) is 16.7 Å². The van der Waals surface area contributed by atoms with Crippen molar-refractivity contribution in [3.63, 3.8) is 0 Å². The molecule has 7 atom stereocenters. The summed E-state index contributed by atoms with van der Waals surface area (Å²) in [6.07, 6.45) is 14.6. The molecule has 2 heterocycles. The van der Waals surface area contributed by atoms with Gasteiger partial charge < -0.3 is 14.4 Å². The lowest BCUT2D eigenvalue weighted by Gasteiger charge is -2.46. The number of methoxy groups -OCH3 is 1. The highest BCUT2D eigenvalue weighted by Crippen LogP contribution is 2.47. The fourth-order valence-corrected chi connectivity index (χ4v) is 8.48. The first kappa shape index (κ1) is 33.7. The van der Waals surface area contributed by atoms with Gasteiger partial charge in [-0.3, -0.25) is 9.52 Å². The number of nitrogens with one attached hydrogen (secondary N) is 1. The first-order chi connectivity index (χ1) is 21.7. The van der Waals surface area contributed by atoms with Crippen LogP contribution in [0.25, 0.3) is 0 Å². The summed E-state index contributed by atoms with van der Waals surface area (Å²) in [5.74, 6) is 1.53. The van der Waals surface area contributed by atoms with Gasteiger partial charge in [0.15, 0.2) is 0 Å². The Balaban J connectivity index is 0.000000945. The lowest BCUT2D eigenvalue weighted by molar-refractivity contribution is 0.0131. The lowest BCUT2D eigenvalue weighted by atomic mass is 9.68. The van der Waals surface area contributed by atoms with Crippen LogP contribution in [0.15, 0.2) is 60.7 Å². The van der Waals surface area contributed by atoms with Crippen LogP contribution in [0.2, 0.25) is 5.02 Å². The number of hydrogen-bond donors (Lipinski definition) is 1. The molecule has 244 valence electrons. The van der Waals surface area contributed by atoms with E-state index >= 15 is 0 Å². The average molecular weight is 653 g/mol. The molecular formula is C37H49ClN2O4S. The van der Waals surface area contributed by atoms with E-state index in [0.29, 0.717) is 24.0 Å². The number of hydrogen-bond acceptors (Lipinski definition) is 5. The molecule has 6 unspecified atom stereocenters. The Morgan fingerprint density at radius 1 is 1.13 bits per heavy atom. The molecule has 4 aliphatic rings. The standard InChI is InChI=1S/C33H41ClN2O4S.C4H8/c1-21-6-4-8-30(39-3)27-12-9-25(27)18-36-19-33(15-5-7-23-16-26(34)11-13-28(23)33)20-40-31-14-10-24(17-29(31)36)32(37)35-41(38)22(21)2;1-3-4-2/h4,8,10-11,13-14,16-17,21-22,25,27,30H,5-7,9,12,15,18-20H2,1-3H3,(H,35,37);3-4H,1-2H3/b8-4+;4-3+/t21?,22?,25?,27?,30?,33-,41?;/m0./s1. The van der Waals surface area contributed by atoms with Gasteiger partial charge in [-0.05, 0) is 119 Å². The summed E-state index contributed by atoms with van der Waals surface area (Å²) < 4.78 is 28.5. The molecule has 0 aromatic heterocycles. The second kappa shape index (κ2) is 14.9. The van der Waals surface area contributed by atoms with Crippen molar-refractivity contribution in [2.24, 2.45) is 17.8 Å². The number of halogens is 1. The maximum absolute atomic E-state index is 13.3. The number of fused-ring (bicyclic) bond motifs is 4. The van der Waals surface area contributed by atoms with Crippen molar-refractivity contribution in [3.8, 4) is 5.75 Å².